The van der Waals surface area contributed by atoms with Gasteiger partial charge in [0.25, 0.3) is 0 Å². The molecule has 1 unspecified atom stereocenters. The van der Waals surface area contributed by atoms with Crippen LogP contribution in [0.1, 0.15) is 18.5 Å². The Morgan fingerprint density at radius 3 is 2.42 bits per heavy atom. The maximum Gasteiger partial charge on any atom is 0.319 e. The second kappa shape index (κ2) is 8.57. The summed E-state index contributed by atoms with van der Waals surface area (Å²) in [5.41, 5.74) is 1.54. The summed E-state index contributed by atoms with van der Waals surface area (Å²) in [6.45, 7) is 1.75. The highest BCUT2D eigenvalue weighted by atomic mass is 16.5. The van der Waals surface area contributed by atoms with Crippen LogP contribution in [0.25, 0.3) is 0 Å². The summed E-state index contributed by atoms with van der Waals surface area (Å²) >= 11 is 0. The normalized spacial score (nSPS) is 11.2. The third-order valence-electron chi connectivity index (χ3n) is 3.42. The number of anilines is 1. The summed E-state index contributed by atoms with van der Waals surface area (Å²) in [5, 5.41) is 8.00. The first-order chi connectivity index (χ1) is 11.6. The average molecular weight is 327 g/mol. The van der Waals surface area contributed by atoms with Gasteiger partial charge in [-0.25, -0.2) is 4.79 Å². The Kier molecular flexibility index (Phi) is 6.19. The summed E-state index contributed by atoms with van der Waals surface area (Å²) < 4.78 is 5.28. The maximum atomic E-state index is 12.0. The van der Waals surface area contributed by atoms with Crippen molar-refractivity contribution in [3.63, 3.8) is 0 Å². The molecule has 0 aromatic heterocycles. The Bertz CT molecular complexity index is 689. The van der Waals surface area contributed by atoms with Crippen molar-refractivity contribution in [3.05, 3.63) is 60.2 Å². The predicted octanol–water partition coefficient (Wildman–Crippen LogP) is 2.69. The number of para-hydroxylation sites is 2. The number of carbonyl (C=O) groups excluding carboxylic acids is 2. The fourth-order valence-corrected chi connectivity index (χ4v) is 2.25. The van der Waals surface area contributed by atoms with Gasteiger partial charge in [-0.2, -0.15) is 0 Å². The highest BCUT2D eigenvalue weighted by molar-refractivity contribution is 5.92. The molecule has 0 fully saturated rings. The molecule has 0 aliphatic heterocycles. The van der Waals surface area contributed by atoms with Crippen molar-refractivity contribution in [2.45, 2.75) is 13.0 Å². The summed E-state index contributed by atoms with van der Waals surface area (Å²) in [7, 11) is 1.59. The largest absolute Gasteiger partial charge is 0.496 e. The lowest BCUT2D eigenvalue weighted by molar-refractivity contribution is -0.120. The smallest absolute Gasteiger partial charge is 0.319 e. The van der Waals surface area contributed by atoms with E-state index in [1.807, 2.05) is 49.4 Å². The van der Waals surface area contributed by atoms with E-state index in [2.05, 4.69) is 16.0 Å². The van der Waals surface area contributed by atoms with Crippen LogP contribution < -0.4 is 20.7 Å². The Morgan fingerprint density at radius 2 is 1.71 bits per heavy atom. The fraction of sp³-hybridized carbons (Fsp3) is 0.222. The molecule has 126 valence electrons. The second-order valence-electron chi connectivity index (χ2n) is 5.20. The first-order valence-corrected chi connectivity index (χ1v) is 7.62. The number of rotatable bonds is 6. The third kappa shape index (κ3) is 5.01. The maximum absolute atomic E-state index is 12.0. The molecule has 2 aromatic carbocycles. The van der Waals surface area contributed by atoms with Crippen molar-refractivity contribution < 1.29 is 14.3 Å². The van der Waals surface area contributed by atoms with Gasteiger partial charge in [-0.15, -0.1) is 0 Å². The van der Waals surface area contributed by atoms with Crippen LogP contribution in [-0.4, -0.2) is 25.6 Å². The molecule has 6 nitrogen and oxygen atoms in total. The average Bonchev–Trinajstić information content (AvgIpc) is 2.60. The zero-order valence-corrected chi connectivity index (χ0v) is 13.7. The van der Waals surface area contributed by atoms with Crippen molar-refractivity contribution in [3.8, 4) is 5.75 Å². The zero-order chi connectivity index (χ0) is 17.4. The first-order valence-electron chi connectivity index (χ1n) is 7.62. The van der Waals surface area contributed by atoms with Crippen molar-refractivity contribution in [1.29, 1.82) is 0 Å². The summed E-state index contributed by atoms with van der Waals surface area (Å²) in [6.07, 6.45) is 0. The standard InChI is InChI=1S/C18H21N3O3/c1-13(15-10-6-7-11-16(15)24-2)20-17(22)12-19-18(23)21-14-8-4-3-5-9-14/h3-11,13H,12H2,1-2H3,(H,20,22)(H2,19,21,23). The topological polar surface area (TPSA) is 79.5 Å². The quantitative estimate of drug-likeness (QED) is 0.763. The molecule has 0 aliphatic carbocycles. The lowest BCUT2D eigenvalue weighted by Gasteiger charge is -2.17. The third-order valence-corrected chi connectivity index (χ3v) is 3.42. The molecule has 0 radical (unpaired) electrons. The number of benzene rings is 2. The minimum atomic E-state index is -0.429. The van der Waals surface area contributed by atoms with Crippen LogP contribution in [0, 0.1) is 0 Å². The van der Waals surface area contributed by atoms with Gasteiger partial charge in [-0.05, 0) is 25.1 Å². The summed E-state index contributed by atoms with van der Waals surface area (Å²) in [6, 6.07) is 15.8. The van der Waals surface area contributed by atoms with Crippen molar-refractivity contribution >= 4 is 17.6 Å². The first kappa shape index (κ1) is 17.3. The molecule has 3 amide bonds. The van der Waals surface area contributed by atoms with Crippen LogP contribution in [0.4, 0.5) is 10.5 Å². The van der Waals surface area contributed by atoms with Gasteiger partial charge in [-0.1, -0.05) is 36.4 Å². The molecule has 0 spiro atoms. The van der Waals surface area contributed by atoms with Gasteiger partial charge in [0, 0.05) is 11.3 Å². The molecule has 24 heavy (non-hydrogen) atoms. The molecule has 0 aliphatic rings. The molecule has 1 atom stereocenters. The van der Waals surface area contributed by atoms with Gasteiger partial charge in [0.1, 0.15) is 5.75 Å². The molecule has 2 aromatic rings. The van der Waals surface area contributed by atoms with Crippen molar-refractivity contribution in [1.82, 2.24) is 10.6 Å². The number of ether oxygens (including phenoxy) is 1. The van der Waals surface area contributed by atoms with Gasteiger partial charge >= 0.3 is 6.03 Å². The Morgan fingerprint density at radius 1 is 1.04 bits per heavy atom. The number of amides is 3. The van der Waals surface area contributed by atoms with Crippen molar-refractivity contribution in [2.24, 2.45) is 0 Å². The molecular formula is C18H21N3O3. The number of carbonyl (C=O) groups is 2. The van der Waals surface area contributed by atoms with E-state index in [9.17, 15) is 9.59 Å². The molecule has 2 rings (SSSR count). The highest BCUT2D eigenvalue weighted by Gasteiger charge is 2.14. The Labute approximate surface area is 141 Å². The number of nitrogens with one attached hydrogen (secondary N) is 3. The lowest BCUT2D eigenvalue weighted by atomic mass is 10.1. The van der Waals surface area contributed by atoms with Crippen LogP contribution in [0.15, 0.2) is 54.6 Å². The minimum absolute atomic E-state index is 0.113. The highest BCUT2D eigenvalue weighted by Crippen LogP contribution is 2.24. The van der Waals surface area contributed by atoms with Gasteiger partial charge in [-0.3, -0.25) is 4.79 Å². The minimum Gasteiger partial charge on any atom is -0.496 e. The number of urea groups is 1. The van der Waals surface area contributed by atoms with E-state index in [1.54, 1.807) is 19.2 Å². The van der Waals surface area contributed by atoms with Gasteiger partial charge in [0.2, 0.25) is 5.91 Å². The number of hydrogen-bond donors (Lipinski definition) is 3. The van der Waals surface area contributed by atoms with E-state index in [4.69, 9.17) is 4.74 Å². The molecule has 0 heterocycles. The molecular weight excluding hydrogens is 306 g/mol. The lowest BCUT2D eigenvalue weighted by Crippen LogP contribution is -2.39. The van der Waals surface area contributed by atoms with Crippen LogP contribution in [0.5, 0.6) is 5.75 Å². The van der Waals surface area contributed by atoms with Gasteiger partial charge < -0.3 is 20.7 Å². The summed E-state index contributed by atoms with van der Waals surface area (Å²) in [5.74, 6) is 0.427. The predicted molar refractivity (Wildman–Crippen MR) is 93.0 cm³/mol. The van der Waals surface area contributed by atoms with E-state index in [0.29, 0.717) is 11.4 Å². The van der Waals surface area contributed by atoms with Gasteiger partial charge in [0.05, 0.1) is 19.7 Å². The Hall–Kier alpha value is -3.02. The van der Waals surface area contributed by atoms with E-state index in [1.165, 1.54) is 0 Å². The van der Waals surface area contributed by atoms with E-state index in [-0.39, 0.29) is 18.5 Å². The second-order valence-corrected chi connectivity index (χ2v) is 5.20. The number of hydrogen-bond acceptors (Lipinski definition) is 3. The Balaban J connectivity index is 1.81. The van der Waals surface area contributed by atoms with E-state index in [0.717, 1.165) is 5.56 Å². The van der Waals surface area contributed by atoms with Gasteiger partial charge in [0.15, 0.2) is 0 Å². The van der Waals surface area contributed by atoms with E-state index < -0.39 is 6.03 Å². The molecule has 0 saturated carbocycles. The van der Waals surface area contributed by atoms with Crippen LogP contribution in [0.3, 0.4) is 0 Å². The van der Waals surface area contributed by atoms with E-state index >= 15 is 0 Å². The fourth-order valence-electron chi connectivity index (χ4n) is 2.25. The van der Waals surface area contributed by atoms with Crippen LogP contribution in [0.2, 0.25) is 0 Å². The molecule has 6 heteroatoms. The molecule has 0 saturated heterocycles. The van der Waals surface area contributed by atoms with Crippen LogP contribution >= 0.6 is 0 Å². The zero-order valence-electron chi connectivity index (χ0n) is 13.7. The SMILES string of the molecule is COc1ccccc1C(C)NC(=O)CNC(=O)Nc1ccccc1. The summed E-state index contributed by atoms with van der Waals surface area (Å²) in [4.78, 5) is 23.7. The van der Waals surface area contributed by atoms with Crippen LogP contribution in [-0.2, 0) is 4.79 Å². The molecule has 3 N–H and O–H groups in total. The molecule has 0 bridgehead atoms. The number of methoxy groups -OCH3 is 1. The van der Waals surface area contributed by atoms with Crippen molar-refractivity contribution in [2.75, 3.05) is 19.0 Å². The monoisotopic (exact) mass is 327 g/mol.